The normalized spacial score (nSPS) is 21.7. The number of piperidine rings is 1. The molecule has 0 radical (unpaired) electrons. The molecule has 1 saturated heterocycles. The number of aliphatic imine (C=N–C) groups is 1. The summed E-state index contributed by atoms with van der Waals surface area (Å²) in [6, 6.07) is 5.53. The van der Waals surface area contributed by atoms with E-state index in [1.807, 2.05) is 18.4 Å². The molecule has 0 bridgehead atoms. The van der Waals surface area contributed by atoms with Gasteiger partial charge in [0.1, 0.15) is 0 Å². The van der Waals surface area contributed by atoms with Crippen molar-refractivity contribution in [2.24, 2.45) is 10.9 Å². The molecule has 1 aliphatic rings. The summed E-state index contributed by atoms with van der Waals surface area (Å²) < 4.78 is 0. The zero-order chi connectivity index (χ0) is 18.2. The minimum absolute atomic E-state index is 0. The van der Waals surface area contributed by atoms with E-state index in [0.29, 0.717) is 18.0 Å². The molecule has 1 aromatic heterocycles. The van der Waals surface area contributed by atoms with E-state index < -0.39 is 0 Å². The number of hydrogen-bond acceptors (Lipinski definition) is 4. The summed E-state index contributed by atoms with van der Waals surface area (Å²) in [7, 11) is 6.27. The predicted octanol–water partition coefficient (Wildman–Crippen LogP) is 3.25. The summed E-state index contributed by atoms with van der Waals surface area (Å²) in [5.74, 6) is 1.53. The predicted molar refractivity (Wildman–Crippen MR) is 125 cm³/mol. The number of hydrogen-bond donors (Lipinski definition) is 2. The second kappa shape index (κ2) is 12.2. The number of nitrogens with zero attached hydrogens (tertiary/aromatic N) is 3. The van der Waals surface area contributed by atoms with Gasteiger partial charge in [-0.25, -0.2) is 0 Å². The van der Waals surface area contributed by atoms with E-state index in [0.717, 1.165) is 25.6 Å². The van der Waals surface area contributed by atoms with E-state index in [-0.39, 0.29) is 24.0 Å². The zero-order valence-electron chi connectivity index (χ0n) is 16.9. The topological polar surface area (TPSA) is 42.9 Å². The fraction of sp³-hybridized carbons (Fsp3) is 0.737. The van der Waals surface area contributed by atoms with Gasteiger partial charge in [-0.1, -0.05) is 6.07 Å². The Balaban J connectivity index is 0.00000338. The maximum absolute atomic E-state index is 4.39. The van der Waals surface area contributed by atoms with Crippen LogP contribution in [-0.2, 0) is 0 Å². The molecule has 1 aliphatic heterocycles. The van der Waals surface area contributed by atoms with Crippen LogP contribution in [0.5, 0.6) is 0 Å². The number of guanidine groups is 1. The monoisotopic (exact) mass is 493 g/mol. The molecular formula is C19H36IN5S. The van der Waals surface area contributed by atoms with Crippen LogP contribution in [0.1, 0.15) is 37.6 Å². The first-order chi connectivity index (χ1) is 12.0. The quantitative estimate of drug-likeness (QED) is 0.348. The highest BCUT2D eigenvalue weighted by Crippen LogP contribution is 2.36. The van der Waals surface area contributed by atoms with E-state index in [9.17, 15) is 0 Å². The van der Waals surface area contributed by atoms with Crippen molar-refractivity contribution in [2.45, 2.75) is 38.8 Å². The van der Waals surface area contributed by atoms with Crippen molar-refractivity contribution in [3.8, 4) is 0 Å². The van der Waals surface area contributed by atoms with Crippen molar-refractivity contribution in [3.05, 3.63) is 22.4 Å². The number of thiophene rings is 1. The molecule has 5 nitrogen and oxygen atoms in total. The van der Waals surface area contributed by atoms with Crippen molar-refractivity contribution in [3.63, 3.8) is 0 Å². The molecule has 2 heterocycles. The third kappa shape index (κ3) is 6.98. The van der Waals surface area contributed by atoms with Gasteiger partial charge >= 0.3 is 0 Å². The van der Waals surface area contributed by atoms with Gasteiger partial charge in [-0.3, -0.25) is 9.89 Å². The number of halogens is 1. The minimum atomic E-state index is 0. The Kier molecular flexibility index (Phi) is 11.1. The van der Waals surface area contributed by atoms with Crippen LogP contribution in [0.2, 0.25) is 0 Å². The van der Waals surface area contributed by atoms with Gasteiger partial charge in [0.15, 0.2) is 5.96 Å². The second-order valence-electron chi connectivity index (χ2n) is 7.30. The fourth-order valence-electron chi connectivity index (χ4n) is 3.44. The molecule has 1 aromatic rings. The van der Waals surface area contributed by atoms with Gasteiger partial charge in [-0.2, -0.15) is 0 Å². The van der Waals surface area contributed by atoms with Crippen LogP contribution in [-0.4, -0.2) is 69.1 Å². The standard InChI is InChI=1S/C19H35N5S.HI/c1-15(2)23(4)12-10-21-19(20-3)22-14-16-8-6-11-24(5)18(16)17-9-7-13-25-17;/h7,9,13,15-16,18H,6,8,10-12,14H2,1-5H3,(H2,20,21,22);1H. The fourth-order valence-corrected chi connectivity index (χ4v) is 4.42. The van der Waals surface area contributed by atoms with Crippen molar-refractivity contribution >= 4 is 41.3 Å². The highest BCUT2D eigenvalue weighted by Gasteiger charge is 2.31. The summed E-state index contributed by atoms with van der Waals surface area (Å²) in [5, 5.41) is 9.18. The highest BCUT2D eigenvalue weighted by atomic mass is 127. The Morgan fingerprint density at radius 3 is 2.81 bits per heavy atom. The van der Waals surface area contributed by atoms with Crippen LogP contribution in [0.25, 0.3) is 0 Å². The maximum Gasteiger partial charge on any atom is 0.191 e. The van der Waals surface area contributed by atoms with E-state index in [4.69, 9.17) is 0 Å². The summed E-state index contributed by atoms with van der Waals surface area (Å²) >= 11 is 1.88. The largest absolute Gasteiger partial charge is 0.356 e. The zero-order valence-corrected chi connectivity index (χ0v) is 20.0. The molecule has 2 unspecified atom stereocenters. The molecule has 2 N–H and O–H groups in total. The Hall–Kier alpha value is -0.380. The molecule has 0 spiro atoms. The number of likely N-dealkylation sites (N-methyl/N-ethyl adjacent to an activating group) is 1. The summed E-state index contributed by atoms with van der Waals surface area (Å²) in [4.78, 5) is 10.7. The van der Waals surface area contributed by atoms with Crippen LogP contribution in [0.3, 0.4) is 0 Å². The Morgan fingerprint density at radius 1 is 1.42 bits per heavy atom. The lowest BCUT2D eigenvalue weighted by Crippen LogP contribution is -2.46. The first-order valence-corrected chi connectivity index (χ1v) is 10.3. The number of likely N-dealkylation sites (tertiary alicyclic amines) is 1. The van der Waals surface area contributed by atoms with E-state index in [1.54, 1.807) is 0 Å². The highest BCUT2D eigenvalue weighted by molar-refractivity contribution is 14.0. The molecule has 26 heavy (non-hydrogen) atoms. The Labute approximate surface area is 180 Å². The smallest absolute Gasteiger partial charge is 0.191 e. The van der Waals surface area contributed by atoms with Crippen LogP contribution < -0.4 is 10.6 Å². The molecule has 0 aromatic carbocycles. The average molecular weight is 494 g/mol. The van der Waals surface area contributed by atoms with Gasteiger partial charge in [-0.15, -0.1) is 35.3 Å². The first-order valence-electron chi connectivity index (χ1n) is 9.41. The van der Waals surface area contributed by atoms with Crippen molar-refractivity contribution in [1.29, 1.82) is 0 Å². The van der Waals surface area contributed by atoms with Crippen LogP contribution in [0.15, 0.2) is 22.5 Å². The molecule has 0 saturated carbocycles. The van der Waals surface area contributed by atoms with Gasteiger partial charge in [-0.05, 0) is 64.7 Å². The number of nitrogens with one attached hydrogen (secondary N) is 2. The van der Waals surface area contributed by atoms with Crippen LogP contribution >= 0.6 is 35.3 Å². The lowest BCUT2D eigenvalue weighted by molar-refractivity contribution is 0.125. The van der Waals surface area contributed by atoms with E-state index in [2.05, 4.69) is 70.9 Å². The SMILES string of the molecule is CN=C(NCCN(C)C(C)C)NCC1CCCN(C)C1c1cccs1.I. The van der Waals surface area contributed by atoms with Crippen molar-refractivity contribution < 1.29 is 0 Å². The average Bonchev–Trinajstić information content (AvgIpc) is 3.11. The molecular weight excluding hydrogens is 457 g/mol. The van der Waals surface area contributed by atoms with Crippen molar-refractivity contribution in [2.75, 3.05) is 47.3 Å². The Bertz CT molecular complexity index is 520. The maximum atomic E-state index is 4.39. The van der Waals surface area contributed by atoms with E-state index in [1.165, 1.54) is 24.3 Å². The van der Waals surface area contributed by atoms with Crippen molar-refractivity contribution in [1.82, 2.24) is 20.4 Å². The molecule has 0 aliphatic carbocycles. The van der Waals surface area contributed by atoms with Crippen LogP contribution in [0.4, 0.5) is 0 Å². The summed E-state index contributed by atoms with van der Waals surface area (Å²) in [6.07, 6.45) is 2.54. The third-order valence-electron chi connectivity index (χ3n) is 5.24. The minimum Gasteiger partial charge on any atom is -0.356 e. The lowest BCUT2D eigenvalue weighted by atomic mass is 9.88. The summed E-state index contributed by atoms with van der Waals surface area (Å²) in [5.41, 5.74) is 0. The van der Waals surface area contributed by atoms with Gasteiger partial charge in [0.05, 0.1) is 0 Å². The lowest BCUT2D eigenvalue weighted by Gasteiger charge is -2.39. The molecule has 2 atom stereocenters. The Morgan fingerprint density at radius 2 is 2.19 bits per heavy atom. The first kappa shape index (κ1) is 23.7. The summed E-state index contributed by atoms with van der Waals surface area (Å²) in [6.45, 7) is 8.52. The van der Waals surface area contributed by atoms with Gasteiger partial charge in [0.2, 0.25) is 0 Å². The molecule has 150 valence electrons. The third-order valence-corrected chi connectivity index (χ3v) is 6.18. The molecule has 0 amide bonds. The number of rotatable bonds is 7. The molecule has 7 heteroatoms. The molecule has 2 rings (SSSR count). The van der Waals surface area contributed by atoms with Gasteiger partial charge < -0.3 is 15.5 Å². The van der Waals surface area contributed by atoms with Gasteiger partial charge in [0, 0.05) is 43.6 Å². The van der Waals surface area contributed by atoms with E-state index >= 15 is 0 Å². The second-order valence-corrected chi connectivity index (χ2v) is 8.28. The van der Waals surface area contributed by atoms with Crippen LogP contribution in [0, 0.1) is 5.92 Å². The van der Waals surface area contributed by atoms with Gasteiger partial charge in [0.25, 0.3) is 0 Å². The molecule has 1 fully saturated rings.